The molecule has 0 radical (unpaired) electrons. The first kappa shape index (κ1) is 20.2. The van der Waals surface area contributed by atoms with Crippen LogP contribution in [0.4, 0.5) is 11.4 Å². The molecular formula is C27H26N2O3. The molecule has 1 heterocycles. The maximum absolute atomic E-state index is 13.6. The molecule has 1 aliphatic heterocycles. The van der Waals surface area contributed by atoms with Crippen molar-refractivity contribution >= 4 is 17.2 Å². The number of fused-ring (bicyclic) bond motifs is 1. The van der Waals surface area contributed by atoms with Gasteiger partial charge in [-0.25, -0.2) is 0 Å². The minimum absolute atomic E-state index is 0.121. The van der Waals surface area contributed by atoms with Crippen molar-refractivity contribution in [2.45, 2.75) is 24.8 Å². The van der Waals surface area contributed by atoms with Crippen molar-refractivity contribution in [1.29, 1.82) is 0 Å². The quantitative estimate of drug-likeness (QED) is 0.562. The molecule has 0 fully saturated rings. The second-order valence-corrected chi connectivity index (χ2v) is 8.22. The van der Waals surface area contributed by atoms with Gasteiger partial charge in [-0.3, -0.25) is 4.79 Å². The predicted octanol–water partition coefficient (Wildman–Crippen LogP) is 5.68. The van der Waals surface area contributed by atoms with Gasteiger partial charge in [0.25, 0.3) is 0 Å². The fourth-order valence-corrected chi connectivity index (χ4v) is 4.68. The number of methoxy groups -OCH3 is 2. The van der Waals surface area contributed by atoms with Gasteiger partial charge in [-0.15, -0.1) is 0 Å². The zero-order valence-electron chi connectivity index (χ0n) is 18.2. The molecule has 2 N–H and O–H groups in total. The summed E-state index contributed by atoms with van der Waals surface area (Å²) in [7, 11) is 3.32. The SMILES string of the molecule is COc1ccc([C@@H]2CC(=O)C3=C(C2)Nc2ccccc2N[C@H]3c2cccc(OC)c2)cc1. The number of anilines is 2. The standard InChI is InChI=1S/C27H26N2O3/c1-31-20-12-10-17(11-13-20)19-15-24-26(25(30)16-19)27(18-6-5-7-21(14-18)32-2)29-23-9-4-3-8-22(23)28-24/h3-14,19,27-29H,15-16H2,1-2H3/t19-,27-/m0/s1. The summed E-state index contributed by atoms with van der Waals surface area (Å²) < 4.78 is 10.7. The molecule has 2 aliphatic rings. The van der Waals surface area contributed by atoms with E-state index in [2.05, 4.69) is 22.8 Å². The van der Waals surface area contributed by atoms with Gasteiger partial charge in [0.05, 0.1) is 31.6 Å². The van der Waals surface area contributed by atoms with Crippen LogP contribution in [0.25, 0.3) is 0 Å². The third-order valence-electron chi connectivity index (χ3n) is 6.32. The lowest BCUT2D eigenvalue weighted by molar-refractivity contribution is -0.116. The number of para-hydroxylation sites is 2. The van der Waals surface area contributed by atoms with Gasteiger partial charge in [-0.05, 0) is 59.9 Å². The number of hydrogen-bond acceptors (Lipinski definition) is 5. The summed E-state index contributed by atoms with van der Waals surface area (Å²) in [5.74, 6) is 1.87. The number of benzene rings is 3. The van der Waals surface area contributed by atoms with E-state index < -0.39 is 0 Å². The first-order valence-electron chi connectivity index (χ1n) is 10.8. The highest BCUT2D eigenvalue weighted by atomic mass is 16.5. The fourth-order valence-electron chi connectivity index (χ4n) is 4.68. The number of carbonyl (C=O) groups is 1. The average Bonchev–Trinajstić information content (AvgIpc) is 3.01. The van der Waals surface area contributed by atoms with Crippen LogP contribution in [0.15, 0.2) is 84.1 Å². The largest absolute Gasteiger partial charge is 0.497 e. The lowest BCUT2D eigenvalue weighted by Crippen LogP contribution is -2.26. The highest BCUT2D eigenvalue weighted by Crippen LogP contribution is 2.44. The second kappa shape index (κ2) is 8.42. The van der Waals surface area contributed by atoms with Crippen LogP contribution in [0.1, 0.15) is 35.9 Å². The molecule has 0 aromatic heterocycles. The van der Waals surface area contributed by atoms with E-state index in [1.807, 2.05) is 60.7 Å². The number of Topliss-reactive ketones (excluding diaryl/α,β-unsaturated/α-hetero) is 1. The molecule has 5 heteroatoms. The lowest BCUT2D eigenvalue weighted by atomic mass is 9.78. The monoisotopic (exact) mass is 426 g/mol. The van der Waals surface area contributed by atoms with Gasteiger partial charge in [0, 0.05) is 17.7 Å². The molecule has 2 atom stereocenters. The zero-order valence-corrected chi connectivity index (χ0v) is 18.2. The molecule has 3 aromatic rings. The number of hydrogen-bond donors (Lipinski definition) is 2. The Morgan fingerprint density at radius 2 is 1.53 bits per heavy atom. The van der Waals surface area contributed by atoms with Crippen molar-refractivity contribution in [3.8, 4) is 11.5 Å². The number of rotatable bonds is 4. The molecule has 5 rings (SSSR count). The Kier molecular flexibility index (Phi) is 5.31. The van der Waals surface area contributed by atoms with Gasteiger partial charge in [-0.2, -0.15) is 0 Å². The van der Waals surface area contributed by atoms with Gasteiger partial charge >= 0.3 is 0 Å². The average molecular weight is 427 g/mol. The molecule has 5 nitrogen and oxygen atoms in total. The highest BCUT2D eigenvalue weighted by molar-refractivity contribution is 6.01. The molecular weight excluding hydrogens is 400 g/mol. The normalized spacial score (nSPS) is 19.8. The van der Waals surface area contributed by atoms with E-state index in [0.717, 1.165) is 51.7 Å². The number of carbonyl (C=O) groups excluding carboxylic acids is 1. The van der Waals surface area contributed by atoms with Crippen LogP contribution in [0.2, 0.25) is 0 Å². The minimum atomic E-state index is -0.249. The summed E-state index contributed by atoms with van der Waals surface area (Å²) in [6.45, 7) is 0. The van der Waals surface area contributed by atoms with E-state index in [4.69, 9.17) is 9.47 Å². The fraction of sp³-hybridized carbons (Fsp3) is 0.222. The van der Waals surface area contributed by atoms with Gasteiger partial charge in [-0.1, -0.05) is 36.4 Å². The third kappa shape index (κ3) is 3.71. The zero-order chi connectivity index (χ0) is 22.1. The Hall–Kier alpha value is -3.73. The van der Waals surface area contributed by atoms with E-state index in [1.54, 1.807) is 14.2 Å². The molecule has 0 saturated carbocycles. The molecule has 162 valence electrons. The first-order chi connectivity index (χ1) is 15.7. The molecule has 0 bridgehead atoms. The van der Waals surface area contributed by atoms with Crippen molar-refractivity contribution in [1.82, 2.24) is 0 Å². The van der Waals surface area contributed by atoms with Crippen molar-refractivity contribution in [3.05, 3.63) is 95.2 Å². The van der Waals surface area contributed by atoms with Crippen LogP contribution in [-0.2, 0) is 4.79 Å². The molecule has 3 aromatic carbocycles. The van der Waals surface area contributed by atoms with Crippen LogP contribution in [-0.4, -0.2) is 20.0 Å². The van der Waals surface area contributed by atoms with Gasteiger partial charge < -0.3 is 20.1 Å². The Balaban J connectivity index is 1.58. The van der Waals surface area contributed by atoms with Crippen LogP contribution in [0, 0.1) is 0 Å². The molecule has 0 saturated heterocycles. The van der Waals surface area contributed by atoms with Gasteiger partial charge in [0.2, 0.25) is 0 Å². The van der Waals surface area contributed by atoms with Crippen molar-refractivity contribution in [2.24, 2.45) is 0 Å². The minimum Gasteiger partial charge on any atom is -0.497 e. The molecule has 0 spiro atoms. The smallest absolute Gasteiger partial charge is 0.163 e. The first-order valence-corrected chi connectivity index (χ1v) is 10.8. The Morgan fingerprint density at radius 1 is 0.781 bits per heavy atom. The van der Waals surface area contributed by atoms with Crippen molar-refractivity contribution in [2.75, 3.05) is 24.9 Å². The van der Waals surface area contributed by atoms with Crippen molar-refractivity contribution in [3.63, 3.8) is 0 Å². The van der Waals surface area contributed by atoms with Crippen LogP contribution in [0.3, 0.4) is 0 Å². The molecule has 32 heavy (non-hydrogen) atoms. The maximum Gasteiger partial charge on any atom is 0.163 e. The van der Waals surface area contributed by atoms with Gasteiger partial charge in [0.1, 0.15) is 11.5 Å². The third-order valence-corrected chi connectivity index (χ3v) is 6.32. The Morgan fingerprint density at radius 3 is 2.28 bits per heavy atom. The maximum atomic E-state index is 13.6. The number of nitrogens with one attached hydrogen (secondary N) is 2. The van der Waals surface area contributed by atoms with E-state index in [0.29, 0.717) is 6.42 Å². The Labute approximate surface area is 188 Å². The van der Waals surface area contributed by atoms with Crippen LogP contribution < -0.4 is 20.1 Å². The number of ether oxygens (including phenoxy) is 2. The van der Waals surface area contributed by atoms with Crippen LogP contribution >= 0.6 is 0 Å². The highest BCUT2D eigenvalue weighted by Gasteiger charge is 2.36. The van der Waals surface area contributed by atoms with E-state index >= 15 is 0 Å². The molecule has 0 unspecified atom stereocenters. The van der Waals surface area contributed by atoms with Crippen LogP contribution in [0.5, 0.6) is 11.5 Å². The van der Waals surface area contributed by atoms with E-state index in [9.17, 15) is 4.79 Å². The predicted molar refractivity (Wildman–Crippen MR) is 126 cm³/mol. The summed E-state index contributed by atoms with van der Waals surface area (Å²) in [4.78, 5) is 13.6. The summed E-state index contributed by atoms with van der Waals surface area (Å²) in [5.41, 5.74) is 5.89. The second-order valence-electron chi connectivity index (χ2n) is 8.22. The van der Waals surface area contributed by atoms with E-state index in [-0.39, 0.29) is 17.7 Å². The summed E-state index contributed by atoms with van der Waals surface area (Å²) >= 11 is 0. The number of ketones is 1. The summed E-state index contributed by atoms with van der Waals surface area (Å²) in [6.07, 6.45) is 1.25. The van der Waals surface area contributed by atoms with Gasteiger partial charge in [0.15, 0.2) is 5.78 Å². The number of allylic oxidation sites excluding steroid dienone is 1. The lowest BCUT2D eigenvalue weighted by Gasteiger charge is -2.30. The summed E-state index contributed by atoms with van der Waals surface area (Å²) in [5, 5.41) is 7.20. The molecule has 0 amide bonds. The molecule has 1 aliphatic carbocycles. The van der Waals surface area contributed by atoms with Crippen molar-refractivity contribution < 1.29 is 14.3 Å². The Bertz CT molecular complexity index is 1180. The van der Waals surface area contributed by atoms with E-state index in [1.165, 1.54) is 0 Å². The topological polar surface area (TPSA) is 59.6 Å². The summed E-state index contributed by atoms with van der Waals surface area (Å²) in [6, 6.07) is 23.8.